The summed E-state index contributed by atoms with van der Waals surface area (Å²) < 4.78 is 0. The van der Waals surface area contributed by atoms with Crippen LogP contribution >= 0.6 is 0 Å². The summed E-state index contributed by atoms with van der Waals surface area (Å²) in [6.45, 7) is 0. The van der Waals surface area contributed by atoms with Crippen LogP contribution in [0.4, 0.5) is 0 Å². The predicted octanol–water partition coefficient (Wildman–Crippen LogP) is 2.36. The van der Waals surface area contributed by atoms with E-state index in [1.807, 2.05) is 0 Å². The van der Waals surface area contributed by atoms with Gasteiger partial charge in [0.1, 0.15) is 0 Å². The third-order valence-electron chi connectivity index (χ3n) is 4.19. The normalized spacial score (nSPS) is 44.4. The molecule has 66 valence electrons. The lowest BCUT2D eigenvalue weighted by molar-refractivity contribution is 0.726. The highest BCUT2D eigenvalue weighted by Gasteiger charge is 2.74. The van der Waals surface area contributed by atoms with Crippen molar-refractivity contribution in [3.63, 3.8) is 0 Å². The Morgan fingerprint density at radius 3 is 2.93 bits per heavy atom. The maximum Gasteiger partial charge on any atom is 0.0934 e. The third kappa shape index (κ3) is 0.452. The van der Waals surface area contributed by atoms with E-state index >= 15 is 0 Å². The number of allylic oxidation sites excluding steroid dienone is 2. The van der Waals surface area contributed by atoms with Crippen LogP contribution in [0.1, 0.15) is 17.0 Å². The van der Waals surface area contributed by atoms with E-state index in [-0.39, 0.29) is 5.41 Å². The van der Waals surface area contributed by atoms with Gasteiger partial charge in [-0.3, -0.25) is 0 Å². The van der Waals surface area contributed by atoms with Crippen molar-refractivity contribution in [3.8, 4) is 6.07 Å². The maximum absolute atomic E-state index is 9.35. The molecule has 1 fully saturated rings. The van der Waals surface area contributed by atoms with Crippen LogP contribution in [0.5, 0.6) is 0 Å². The zero-order valence-corrected chi connectivity index (χ0v) is 7.64. The molecule has 3 aliphatic rings. The van der Waals surface area contributed by atoms with Gasteiger partial charge in [0.05, 0.1) is 11.5 Å². The van der Waals surface area contributed by atoms with Crippen LogP contribution in [-0.2, 0) is 5.41 Å². The lowest BCUT2D eigenvalue weighted by Gasteiger charge is -2.08. The summed E-state index contributed by atoms with van der Waals surface area (Å²) in [5, 5.41) is 9.35. The van der Waals surface area contributed by atoms with E-state index in [9.17, 15) is 5.26 Å². The van der Waals surface area contributed by atoms with Gasteiger partial charge in [-0.2, -0.15) is 5.26 Å². The molecule has 0 radical (unpaired) electrons. The Labute approximate surface area is 82.7 Å². The molecule has 0 aromatic heterocycles. The van der Waals surface area contributed by atoms with Crippen LogP contribution in [0, 0.1) is 23.2 Å². The van der Waals surface area contributed by atoms with Gasteiger partial charge in [0.2, 0.25) is 0 Å². The van der Waals surface area contributed by atoms with Crippen LogP contribution in [0.3, 0.4) is 0 Å². The number of nitrogens with zero attached hydrogens (tertiary/aromatic N) is 1. The summed E-state index contributed by atoms with van der Waals surface area (Å²) in [6, 6.07) is 11.0. The van der Waals surface area contributed by atoms with E-state index in [2.05, 4.69) is 42.5 Å². The minimum atomic E-state index is -0.129. The van der Waals surface area contributed by atoms with Crippen molar-refractivity contribution in [2.45, 2.75) is 11.3 Å². The van der Waals surface area contributed by atoms with Crippen LogP contribution in [0.15, 0.2) is 36.4 Å². The zero-order chi connectivity index (χ0) is 9.34. The van der Waals surface area contributed by atoms with Gasteiger partial charge in [-0.05, 0) is 11.1 Å². The second-order valence-electron chi connectivity index (χ2n) is 4.53. The lowest BCUT2D eigenvalue weighted by Crippen LogP contribution is -2.05. The smallest absolute Gasteiger partial charge is 0.0934 e. The molecule has 0 heterocycles. The van der Waals surface area contributed by atoms with Crippen molar-refractivity contribution in [2.75, 3.05) is 0 Å². The fourth-order valence-electron chi connectivity index (χ4n) is 3.61. The van der Waals surface area contributed by atoms with Crippen molar-refractivity contribution >= 4 is 0 Å². The molecule has 3 aliphatic carbocycles. The third-order valence-corrected chi connectivity index (χ3v) is 4.19. The minimum Gasteiger partial charge on any atom is -0.197 e. The quantitative estimate of drug-likeness (QED) is 0.561. The van der Waals surface area contributed by atoms with Gasteiger partial charge in [0.15, 0.2) is 0 Å². The number of benzene rings is 1. The van der Waals surface area contributed by atoms with Crippen molar-refractivity contribution < 1.29 is 0 Å². The van der Waals surface area contributed by atoms with Crippen LogP contribution in [0.25, 0.3) is 0 Å². The monoisotopic (exact) mass is 179 g/mol. The molecule has 4 atom stereocenters. The molecule has 1 aromatic rings. The topological polar surface area (TPSA) is 23.8 Å². The van der Waals surface area contributed by atoms with E-state index in [1.54, 1.807) is 0 Å². The predicted molar refractivity (Wildman–Crippen MR) is 52.6 cm³/mol. The molecule has 0 N–H and O–H groups in total. The summed E-state index contributed by atoms with van der Waals surface area (Å²) in [7, 11) is 0. The summed E-state index contributed by atoms with van der Waals surface area (Å²) in [5.41, 5.74) is 2.56. The fourth-order valence-corrected chi connectivity index (χ4v) is 3.61. The molecule has 0 aliphatic heterocycles. The molecule has 0 bridgehead atoms. The number of hydrogen-bond acceptors (Lipinski definition) is 1. The molecule has 1 aromatic carbocycles. The fraction of sp³-hybridized carbons (Fsp3) is 0.308. The Morgan fingerprint density at radius 2 is 2.07 bits per heavy atom. The van der Waals surface area contributed by atoms with Gasteiger partial charge < -0.3 is 0 Å². The Balaban J connectivity index is 2.09. The van der Waals surface area contributed by atoms with Gasteiger partial charge in [-0.25, -0.2) is 0 Å². The first-order chi connectivity index (χ1) is 6.89. The van der Waals surface area contributed by atoms with Gasteiger partial charge >= 0.3 is 0 Å². The molecular weight excluding hydrogens is 170 g/mol. The molecular formula is C13H9N. The molecule has 1 heteroatoms. The maximum atomic E-state index is 9.35. The molecule has 14 heavy (non-hydrogen) atoms. The summed E-state index contributed by atoms with van der Waals surface area (Å²) in [6.07, 6.45) is 4.54. The first-order valence-electron chi connectivity index (χ1n) is 5.08. The molecule has 1 nitrogen and oxygen atoms in total. The molecule has 0 amide bonds. The molecule has 0 saturated heterocycles. The molecule has 4 rings (SSSR count). The summed E-state index contributed by atoms with van der Waals surface area (Å²) in [5.74, 6) is 1.63. The Hall–Kier alpha value is -1.55. The number of fused-ring (bicyclic) bond motifs is 4. The van der Waals surface area contributed by atoms with Crippen molar-refractivity contribution in [2.24, 2.45) is 11.8 Å². The van der Waals surface area contributed by atoms with E-state index in [0.29, 0.717) is 17.8 Å². The van der Waals surface area contributed by atoms with E-state index in [0.717, 1.165) is 0 Å². The largest absolute Gasteiger partial charge is 0.197 e. The molecule has 0 spiro atoms. The number of hydrogen-bond donors (Lipinski definition) is 0. The van der Waals surface area contributed by atoms with Crippen LogP contribution in [-0.4, -0.2) is 0 Å². The average molecular weight is 179 g/mol. The highest BCUT2D eigenvalue weighted by atomic mass is 14.7. The Kier molecular flexibility index (Phi) is 0.873. The highest BCUT2D eigenvalue weighted by molar-refractivity contribution is 5.63. The van der Waals surface area contributed by atoms with Crippen LogP contribution < -0.4 is 0 Å². The zero-order valence-electron chi connectivity index (χ0n) is 7.64. The first kappa shape index (κ1) is 6.84. The first-order valence-corrected chi connectivity index (χ1v) is 5.08. The Bertz CT molecular complexity index is 508. The molecule has 1 saturated carbocycles. The second-order valence-corrected chi connectivity index (χ2v) is 4.53. The van der Waals surface area contributed by atoms with E-state index < -0.39 is 0 Å². The van der Waals surface area contributed by atoms with Crippen LogP contribution in [0.2, 0.25) is 0 Å². The van der Waals surface area contributed by atoms with Gasteiger partial charge in [-0.1, -0.05) is 36.4 Å². The van der Waals surface area contributed by atoms with Crippen molar-refractivity contribution in [1.29, 1.82) is 5.26 Å². The lowest BCUT2D eigenvalue weighted by atomic mass is 9.94. The standard InChI is InChI=1S/C13H9N/c14-7-13-10-4-2-1-3-8(10)9-5-6-11(13)12(9)13/h1-6,9,11-12H. The van der Waals surface area contributed by atoms with Crippen molar-refractivity contribution in [1.82, 2.24) is 0 Å². The van der Waals surface area contributed by atoms with E-state index in [1.165, 1.54) is 11.1 Å². The number of rotatable bonds is 0. The van der Waals surface area contributed by atoms with Crippen molar-refractivity contribution in [3.05, 3.63) is 47.5 Å². The summed E-state index contributed by atoms with van der Waals surface area (Å²) in [4.78, 5) is 0. The summed E-state index contributed by atoms with van der Waals surface area (Å²) >= 11 is 0. The minimum absolute atomic E-state index is 0.129. The highest BCUT2D eigenvalue weighted by Crippen LogP contribution is 2.74. The van der Waals surface area contributed by atoms with Gasteiger partial charge in [0.25, 0.3) is 0 Å². The molecule has 4 unspecified atom stereocenters. The second kappa shape index (κ2) is 1.79. The average Bonchev–Trinajstić information content (AvgIpc) is 2.58. The number of nitriles is 1. The Morgan fingerprint density at radius 1 is 1.21 bits per heavy atom. The van der Waals surface area contributed by atoms with Gasteiger partial charge in [-0.15, -0.1) is 0 Å². The SMILES string of the molecule is N#CC12c3ccccc3C3C=CC1C32. The van der Waals surface area contributed by atoms with E-state index in [4.69, 9.17) is 0 Å². The van der Waals surface area contributed by atoms with Gasteiger partial charge in [0, 0.05) is 17.8 Å².